The number of fused-ring (bicyclic) bond motifs is 2. The maximum Gasteiger partial charge on any atom is 0.174 e. The molecule has 4 nitrogen and oxygen atoms in total. The highest BCUT2D eigenvalue weighted by atomic mass is 32.2. The number of carbonyl (C=O) groups excluding carboxylic acids is 2. The maximum atomic E-state index is 12.6. The molecule has 0 radical (unpaired) electrons. The number of H-pyrrole nitrogens is 1. The van der Waals surface area contributed by atoms with Crippen LogP contribution in [-0.2, 0) is 4.79 Å². The van der Waals surface area contributed by atoms with E-state index in [1.807, 2.05) is 42.6 Å². The summed E-state index contributed by atoms with van der Waals surface area (Å²) in [5.41, 5.74) is 2.22. The number of thioether (sulfide) groups is 1. The van der Waals surface area contributed by atoms with Crippen LogP contribution in [0, 0.1) is 5.92 Å². The van der Waals surface area contributed by atoms with E-state index in [2.05, 4.69) is 29.4 Å². The molecule has 2 unspecified atom stereocenters. The first-order chi connectivity index (χ1) is 12.6. The molecular weight excluding hydrogens is 344 g/mol. The van der Waals surface area contributed by atoms with Crippen molar-refractivity contribution in [1.82, 2.24) is 10.3 Å². The minimum Gasteiger partial charge on any atom is -0.381 e. The van der Waals surface area contributed by atoms with Gasteiger partial charge >= 0.3 is 0 Å². The molecular formula is C21H20N2O2S. The fraction of sp³-hybridized carbons (Fsp3) is 0.238. The van der Waals surface area contributed by atoms with Crippen molar-refractivity contribution in [2.75, 3.05) is 11.5 Å². The average Bonchev–Trinajstić information content (AvgIpc) is 3.22. The predicted octanol–water partition coefficient (Wildman–Crippen LogP) is 3.64. The van der Waals surface area contributed by atoms with Gasteiger partial charge in [-0.15, -0.1) is 11.8 Å². The zero-order valence-corrected chi connectivity index (χ0v) is 15.3. The summed E-state index contributed by atoms with van der Waals surface area (Å²) in [7, 11) is 0. The van der Waals surface area contributed by atoms with Gasteiger partial charge in [0.2, 0.25) is 0 Å². The zero-order chi connectivity index (χ0) is 18.1. The summed E-state index contributed by atoms with van der Waals surface area (Å²) in [6.45, 7) is 2.09. The highest BCUT2D eigenvalue weighted by molar-refractivity contribution is 8.00. The molecule has 1 aromatic heterocycles. The SMILES string of the molecule is CC12C=CC=CC1C(C(=O)CSCC(=O)c1c[nH]c3ccccc13)=CN2. The number of aromatic nitrogens is 1. The van der Waals surface area contributed by atoms with Gasteiger partial charge in [0.15, 0.2) is 11.6 Å². The fourth-order valence-corrected chi connectivity index (χ4v) is 4.37. The summed E-state index contributed by atoms with van der Waals surface area (Å²) in [6.07, 6.45) is 11.7. The van der Waals surface area contributed by atoms with E-state index in [1.165, 1.54) is 11.8 Å². The van der Waals surface area contributed by atoms with Crippen molar-refractivity contribution in [1.29, 1.82) is 0 Å². The summed E-state index contributed by atoms with van der Waals surface area (Å²) < 4.78 is 0. The molecule has 0 bridgehead atoms. The molecule has 1 aliphatic carbocycles. The molecule has 26 heavy (non-hydrogen) atoms. The second-order valence-corrected chi connectivity index (χ2v) is 7.82. The Morgan fingerprint density at radius 3 is 2.85 bits per heavy atom. The molecule has 132 valence electrons. The summed E-state index contributed by atoms with van der Waals surface area (Å²) in [6, 6.07) is 7.75. The van der Waals surface area contributed by atoms with Crippen molar-refractivity contribution in [3.8, 4) is 0 Å². The Morgan fingerprint density at radius 2 is 1.96 bits per heavy atom. The van der Waals surface area contributed by atoms with Crippen LogP contribution >= 0.6 is 11.8 Å². The van der Waals surface area contributed by atoms with E-state index in [4.69, 9.17) is 0 Å². The minimum absolute atomic E-state index is 0.0455. The van der Waals surface area contributed by atoms with Gasteiger partial charge in [0.1, 0.15) is 0 Å². The molecule has 0 spiro atoms. The van der Waals surface area contributed by atoms with Gasteiger partial charge in [0.25, 0.3) is 0 Å². The van der Waals surface area contributed by atoms with Crippen molar-refractivity contribution < 1.29 is 9.59 Å². The molecule has 2 aromatic rings. The van der Waals surface area contributed by atoms with Gasteiger partial charge in [-0.05, 0) is 13.0 Å². The lowest BCUT2D eigenvalue weighted by molar-refractivity contribution is -0.113. The Balaban J connectivity index is 1.36. The quantitative estimate of drug-likeness (QED) is 0.768. The van der Waals surface area contributed by atoms with Gasteiger partial charge in [0.05, 0.1) is 17.0 Å². The number of ketones is 2. The van der Waals surface area contributed by atoms with E-state index >= 15 is 0 Å². The largest absolute Gasteiger partial charge is 0.381 e. The lowest BCUT2D eigenvalue weighted by Crippen LogP contribution is -2.40. The molecule has 2 aliphatic rings. The van der Waals surface area contributed by atoms with Gasteiger partial charge < -0.3 is 10.3 Å². The average molecular weight is 364 g/mol. The van der Waals surface area contributed by atoms with E-state index in [-0.39, 0.29) is 23.0 Å². The number of benzene rings is 1. The van der Waals surface area contributed by atoms with Crippen LogP contribution in [0.15, 0.2) is 66.5 Å². The molecule has 2 heterocycles. The van der Waals surface area contributed by atoms with Gasteiger partial charge in [-0.1, -0.05) is 42.5 Å². The molecule has 2 N–H and O–H groups in total. The Morgan fingerprint density at radius 1 is 1.15 bits per heavy atom. The van der Waals surface area contributed by atoms with Crippen LogP contribution < -0.4 is 5.32 Å². The van der Waals surface area contributed by atoms with Crippen LogP contribution in [0.25, 0.3) is 10.9 Å². The summed E-state index contributed by atoms with van der Waals surface area (Å²) in [4.78, 5) is 28.2. The molecule has 1 aromatic carbocycles. The Hall–Kier alpha value is -2.53. The van der Waals surface area contributed by atoms with Crippen LogP contribution in [0.3, 0.4) is 0 Å². The van der Waals surface area contributed by atoms with Gasteiger partial charge in [-0.3, -0.25) is 9.59 Å². The monoisotopic (exact) mass is 364 g/mol. The number of carbonyl (C=O) groups is 2. The molecule has 0 fully saturated rings. The summed E-state index contributed by atoms with van der Waals surface area (Å²) >= 11 is 1.38. The maximum absolute atomic E-state index is 12.6. The highest BCUT2D eigenvalue weighted by Crippen LogP contribution is 2.35. The standard InChI is InChI=1S/C21H20N2O2S/c1-21-9-5-4-7-17(21)16(11-23-21)20(25)13-26-12-19(24)15-10-22-18-8-3-2-6-14(15)18/h2-11,17,22-23H,12-13H2,1H3. The van der Waals surface area contributed by atoms with E-state index in [9.17, 15) is 9.59 Å². The van der Waals surface area contributed by atoms with Crippen LogP contribution in [-0.4, -0.2) is 33.6 Å². The first-order valence-electron chi connectivity index (χ1n) is 8.62. The smallest absolute Gasteiger partial charge is 0.174 e. The number of hydrogen-bond donors (Lipinski definition) is 2. The Bertz CT molecular complexity index is 969. The van der Waals surface area contributed by atoms with E-state index < -0.39 is 0 Å². The van der Waals surface area contributed by atoms with Gasteiger partial charge in [-0.2, -0.15) is 0 Å². The first-order valence-corrected chi connectivity index (χ1v) is 9.78. The molecule has 2 atom stereocenters. The normalized spacial score (nSPS) is 23.6. The zero-order valence-electron chi connectivity index (χ0n) is 14.5. The molecule has 5 heteroatoms. The summed E-state index contributed by atoms with van der Waals surface area (Å²) in [5.74, 6) is 0.800. The summed E-state index contributed by atoms with van der Waals surface area (Å²) in [5, 5.41) is 4.24. The van der Waals surface area contributed by atoms with Crippen LogP contribution in [0.1, 0.15) is 17.3 Å². The van der Waals surface area contributed by atoms with E-state index in [0.717, 1.165) is 16.5 Å². The van der Waals surface area contributed by atoms with E-state index in [1.54, 1.807) is 6.20 Å². The molecule has 4 rings (SSSR count). The molecule has 0 amide bonds. The third-order valence-electron chi connectivity index (χ3n) is 5.05. The van der Waals surface area contributed by atoms with Crippen LogP contribution in [0.4, 0.5) is 0 Å². The van der Waals surface area contributed by atoms with Crippen LogP contribution in [0.2, 0.25) is 0 Å². The number of hydrogen-bond acceptors (Lipinski definition) is 4. The number of allylic oxidation sites excluding steroid dienone is 2. The molecule has 1 aliphatic heterocycles. The van der Waals surface area contributed by atoms with Crippen molar-refractivity contribution in [2.24, 2.45) is 5.92 Å². The lowest BCUT2D eigenvalue weighted by Gasteiger charge is -2.30. The Labute approximate surface area is 156 Å². The number of nitrogens with one attached hydrogen (secondary N) is 2. The minimum atomic E-state index is -0.218. The van der Waals surface area contributed by atoms with Crippen molar-refractivity contribution in [3.05, 3.63) is 72.1 Å². The van der Waals surface area contributed by atoms with Crippen LogP contribution in [0.5, 0.6) is 0 Å². The number of aromatic amines is 1. The third kappa shape index (κ3) is 2.92. The highest BCUT2D eigenvalue weighted by Gasteiger charge is 2.39. The molecule has 0 saturated carbocycles. The third-order valence-corrected chi connectivity index (χ3v) is 5.99. The van der Waals surface area contributed by atoms with Gasteiger partial charge in [0, 0.05) is 40.4 Å². The van der Waals surface area contributed by atoms with E-state index in [0.29, 0.717) is 17.1 Å². The number of rotatable bonds is 6. The Kier molecular flexibility index (Phi) is 4.32. The number of para-hydroxylation sites is 1. The lowest BCUT2D eigenvalue weighted by atomic mass is 9.79. The van der Waals surface area contributed by atoms with Gasteiger partial charge in [-0.25, -0.2) is 0 Å². The topological polar surface area (TPSA) is 62.0 Å². The van der Waals surface area contributed by atoms with Crippen molar-refractivity contribution >= 4 is 34.2 Å². The second kappa shape index (κ2) is 6.65. The number of Topliss-reactive ketones (excluding diaryl/α,β-unsaturated/α-hetero) is 2. The van der Waals surface area contributed by atoms with Crippen molar-refractivity contribution in [3.63, 3.8) is 0 Å². The fourth-order valence-electron chi connectivity index (χ4n) is 3.58. The predicted molar refractivity (Wildman–Crippen MR) is 106 cm³/mol. The van der Waals surface area contributed by atoms with Crippen molar-refractivity contribution in [2.45, 2.75) is 12.5 Å². The first kappa shape index (κ1) is 16.9. The molecule has 0 saturated heterocycles. The second-order valence-electron chi connectivity index (χ2n) is 6.84.